The second-order valence-corrected chi connectivity index (χ2v) is 5.47. The summed E-state index contributed by atoms with van der Waals surface area (Å²) in [7, 11) is 1.53. The van der Waals surface area contributed by atoms with Crippen LogP contribution in [0.15, 0.2) is 0 Å². The summed E-state index contributed by atoms with van der Waals surface area (Å²) in [5.41, 5.74) is -0.764. The van der Waals surface area contributed by atoms with Gasteiger partial charge in [0.25, 0.3) is 0 Å². The SMILES string of the molecule is CCCNCc1sc(CC(C)OC)nc1C(F)(F)F. The fraction of sp³-hybridized carbons (Fsp3) is 0.750. The Bertz CT molecular complexity index is 393. The number of hydrogen-bond donors (Lipinski definition) is 1. The molecule has 1 rings (SSSR count). The Balaban J connectivity index is 2.86. The smallest absolute Gasteiger partial charge is 0.381 e. The normalized spacial score (nSPS) is 13.8. The second-order valence-electron chi connectivity index (χ2n) is 4.30. The van der Waals surface area contributed by atoms with E-state index in [2.05, 4.69) is 10.3 Å². The molecular weight excluding hydrogens is 277 g/mol. The van der Waals surface area contributed by atoms with E-state index >= 15 is 0 Å². The van der Waals surface area contributed by atoms with Crippen LogP contribution in [0.1, 0.15) is 35.8 Å². The number of rotatable bonds is 7. The zero-order valence-corrected chi connectivity index (χ0v) is 12.1. The fourth-order valence-electron chi connectivity index (χ4n) is 1.54. The van der Waals surface area contributed by atoms with E-state index in [0.29, 0.717) is 18.0 Å². The molecule has 110 valence electrons. The molecule has 0 saturated heterocycles. The number of halogens is 3. The molecule has 1 aromatic rings. The summed E-state index contributed by atoms with van der Waals surface area (Å²) >= 11 is 1.11. The van der Waals surface area contributed by atoms with Crippen LogP contribution in [-0.2, 0) is 23.9 Å². The number of methoxy groups -OCH3 is 1. The van der Waals surface area contributed by atoms with Gasteiger partial charge in [0.05, 0.1) is 16.0 Å². The summed E-state index contributed by atoms with van der Waals surface area (Å²) in [6.45, 7) is 4.68. The van der Waals surface area contributed by atoms with E-state index in [-0.39, 0.29) is 17.5 Å². The first kappa shape index (κ1) is 16.4. The van der Waals surface area contributed by atoms with Crippen LogP contribution < -0.4 is 5.32 Å². The van der Waals surface area contributed by atoms with Crippen LogP contribution in [0.5, 0.6) is 0 Å². The Morgan fingerprint density at radius 1 is 1.42 bits per heavy atom. The number of nitrogens with one attached hydrogen (secondary N) is 1. The maximum Gasteiger partial charge on any atom is 0.434 e. The van der Waals surface area contributed by atoms with Crippen molar-refractivity contribution in [3.05, 3.63) is 15.6 Å². The molecule has 0 aliphatic rings. The van der Waals surface area contributed by atoms with Gasteiger partial charge in [0.2, 0.25) is 0 Å². The lowest BCUT2D eigenvalue weighted by molar-refractivity contribution is -0.141. The third-order valence-corrected chi connectivity index (χ3v) is 3.66. The van der Waals surface area contributed by atoms with Crippen molar-refractivity contribution in [2.45, 2.75) is 45.5 Å². The number of hydrogen-bond acceptors (Lipinski definition) is 4. The standard InChI is InChI=1S/C12H19F3N2OS/c1-4-5-16-7-9-11(12(13,14)15)17-10(19-9)6-8(2)18-3/h8,16H,4-7H2,1-3H3. The minimum atomic E-state index is -4.39. The Hall–Kier alpha value is -0.660. The molecule has 1 heterocycles. The number of ether oxygens (including phenoxy) is 1. The van der Waals surface area contributed by atoms with Crippen LogP contribution in [0.3, 0.4) is 0 Å². The van der Waals surface area contributed by atoms with Crippen molar-refractivity contribution in [1.29, 1.82) is 0 Å². The highest BCUT2D eigenvalue weighted by molar-refractivity contribution is 7.11. The maximum absolute atomic E-state index is 12.9. The van der Waals surface area contributed by atoms with E-state index < -0.39 is 11.9 Å². The molecule has 0 saturated carbocycles. The van der Waals surface area contributed by atoms with E-state index in [0.717, 1.165) is 17.8 Å². The summed E-state index contributed by atoms with van der Waals surface area (Å²) in [6.07, 6.45) is -3.25. The van der Waals surface area contributed by atoms with Crippen molar-refractivity contribution < 1.29 is 17.9 Å². The third kappa shape index (κ3) is 5.08. The van der Waals surface area contributed by atoms with Crippen LogP contribution in [-0.4, -0.2) is 24.7 Å². The van der Waals surface area contributed by atoms with Crippen molar-refractivity contribution in [2.75, 3.05) is 13.7 Å². The van der Waals surface area contributed by atoms with Gasteiger partial charge < -0.3 is 10.1 Å². The van der Waals surface area contributed by atoms with Gasteiger partial charge >= 0.3 is 6.18 Å². The first-order chi connectivity index (χ1) is 8.88. The zero-order chi connectivity index (χ0) is 14.5. The van der Waals surface area contributed by atoms with Gasteiger partial charge in [-0.05, 0) is 19.9 Å². The molecule has 0 radical (unpaired) electrons. The predicted molar refractivity (Wildman–Crippen MR) is 69.3 cm³/mol. The largest absolute Gasteiger partial charge is 0.434 e. The highest BCUT2D eigenvalue weighted by Gasteiger charge is 2.37. The molecule has 19 heavy (non-hydrogen) atoms. The molecule has 0 aromatic carbocycles. The summed E-state index contributed by atoms with van der Waals surface area (Å²) in [5, 5.41) is 3.45. The van der Waals surface area contributed by atoms with Gasteiger partial charge in [-0.2, -0.15) is 13.2 Å². The topological polar surface area (TPSA) is 34.1 Å². The van der Waals surface area contributed by atoms with Crippen LogP contribution >= 0.6 is 11.3 Å². The van der Waals surface area contributed by atoms with E-state index in [9.17, 15) is 13.2 Å². The molecule has 1 aromatic heterocycles. The van der Waals surface area contributed by atoms with Crippen molar-refractivity contribution >= 4 is 11.3 Å². The predicted octanol–water partition coefficient (Wildman–Crippen LogP) is 3.24. The Morgan fingerprint density at radius 2 is 2.11 bits per heavy atom. The summed E-state index contributed by atoms with van der Waals surface area (Å²) in [6, 6.07) is 0. The molecule has 0 aliphatic carbocycles. The average Bonchev–Trinajstić information content (AvgIpc) is 2.72. The lowest BCUT2D eigenvalue weighted by atomic mass is 10.3. The van der Waals surface area contributed by atoms with E-state index in [1.807, 2.05) is 13.8 Å². The molecule has 0 spiro atoms. The van der Waals surface area contributed by atoms with Gasteiger partial charge in [0.15, 0.2) is 5.69 Å². The second kappa shape index (κ2) is 7.21. The zero-order valence-electron chi connectivity index (χ0n) is 11.3. The minimum Gasteiger partial charge on any atom is -0.381 e. The van der Waals surface area contributed by atoms with Crippen LogP contribution in [0, 0.1) is 0 Å². The first-order valence-electron chi connectivity index (χ1n) is 6.17. The van der Waals surface area contributed by atoms with Crippen LogP contribution in [0.2, 0.25) is 0 Å². The molecule has 7 heteroatoms. The number of aromatic nitrogens is 1. The first-order valence-corrected chi connectivity index (χ1v) is 6.99. The van der Waals surface area contributed by atoms with Gasteiger partial charge in [0.1, 0.15) is 0 Å². The highest BCUT2D eigenvalue weighted by atomic mass is 32.1. The minimum absolute atomic E-state index is 0.135. The Kier molecular flexibility index (Phi) is 6.22. The molecule has 0 amide bonds. The van der Waals surface area contributed by atoms with Crippen molar-refractivity contribution in [3.8, 4) is 0 Å². The van der Waals surface area contributed by atoms with Gasteiger partial charge in [0, 0.05) is 20.1 Å². The quantitative estimate of drug-likeness (QED) is 0.784. The van der Waals surface area contributed by atoms with Crippen LogP contribution in [0.25, 0.3) is 0 Å². The maximum atomic E-state index is 12.9. The van der Waals surface area contributed by atoms with Gasteiger partial charge in [-0.25, -0.2) is 4.98 Å². The lowest BCUT2D eigenvalue weighted by Crippen LogP contribution is -2.17. The summed E-state index contributed by atoms with van der Waals surface area (Å²) in [5.74, 6) is 0. The van der Waals surface area contributed by atoms with Gasteiger partial charge in [-0.15, -0.1) is 11.3 Å². The lowest BCUT2D eigenvalue weighted by Gasteiger charge is -2.06. The average molecular weight is 296 g/mol. The molecule has 0 aliphatic heterocycles. The molecule has 0 bridgehead atoms. The van der Waals surface area contributed by atoms with Crippen molar-refractivity contribution in [3.63, 3.8) is 0 Å². The number of alkyl halides is 3. The van der Waals surface area contributed by atoms with E-state index in [1.165, 1.54) is 7.11 Å². The number of nitrogens with zero attached hydrogens (tertiary/aromatic N) is 1. The summed E-state index contributed by atoms with van der Waals surface area (Å²) in [4.78, 5) is 3.97. The fourth-order valence-corrected chi connectivity index (χ4v) is 2.71. The Labute approximate surface area is 115 Å². The Morgan fingerprint density at radius 3 is 2.63 bits per heavy atom. The molecule has 1 unspecified atom stereocenters. The van der Waals surface area contributed by atoms with Gasteiger partial charge in [-0.1, -0.05) is 6.92 Å². The van der Waals surface area contributed by atoms with Gasteiger partial charge in [-0.3, -0.25) is 0 Å². The molecule has 0 fully saturated rings. The summed E-state index contributed by atoms with van der Waals surface area (Å²) < 4.78 is 43.7. The monoisotopic (exact) mass is 296 g/mol. The van der Waals surface area contributed by atoms with Crippen LogP contribution in [0.4, 0.5) is 13.2 Å². The number of thiazole rings is 1. The van der Waals surface area contributed by atoms with Crippen molar-refractivity contribution in [1.82, 2.24) is 10.3 Å². The van der Waals surface area contributed by atoms with Crippen molar-refractivity contribution in [2.24, 2.45) is 0 Å². The molecule has 3 nitrogen and oxygen atoms in total. The molecule has 1 atom stereocenters. The molecular formula is C12H19F3N2OS. The van der Waals surface area contributed by atoms with E-state index in [4.69, 9.17) is 4.74 Å². The molecule has 1 N–H and O–H groups in total. The highest BCUT2D eigenvalue weighted by Crippen LogP contribution is 2.34. The van der Waals surface area contributed by atoms with E-state index in [1.54, 1.807) is 0 Å². The third-order valence-electron chi connectivity index (χ3n) is 2.59.